The van der Waals surface area contributed by atoms with Crippen LogP contribution in [0.1, 0.15) is 30.5 Å². The van der Waals surface area contributed by atoms with Crippen molar-refractivity contribution in [2.45, 2.75) is 19.8 Å². The third kappa shape index (κ3) is 4.42. The van der Waals surface area contributed by atoms with E-state index < -0.39 is 0 Å². The first kappa shape index (κ1) is 16.3. The van der Waals surface area contributed by atoms with Gasteiger partial charge in [0.2, 0.25) is 0 Å². The second-order valence-corrected chi connectivity index (χ2v) is 6.53. The fourth-order valence-electron chi connectivity index (χ4n) is 2.07. The number of ether oxygens (including phenoxy) is 1. The molecule has 1 aromatic heterocycles. The molecule has 1 aromatic rings. The molecule has 2 heterocycles. The van der Waals surface area contributed by atoms with Crippen molar-refractivity contribution >= 4 is 42.5 Å². The van der Waals surface area contributed by atoms with E-state index in [1.165, 1.54) is 11.3 Å². The van der Waals surface area contributed by atoms with Gasteiger partial charge in [-0.1, -0.05) is 27.2 Å². The summed E-state index contributed by atoms with van der Waals surface area (Å²) in [5.74, 6) is 3.17. The van der Waals surface area contributed by atoms with Gasteiger partial charge in [-0.25, -0.2) is 4.98 Å². The molecule has 1 saturated heterocycles. The van der Waals surface area contributed by atoms with Crippen molar-refractivity contribution in [3.8, 4) is 0 Å². The van der Waals surface area contributed by atoms with Crippen LogP contribution in [-0.2, 0) is 4.74 Å². The number of aromatic nitrogens is 1. The van der Waals surface area contributed by atoms with E-state index in [1.807, 2.05) is 6.92 Å². The smallest absolute Gasteiger partial charge is 0.154 e. The maximum Gasteiger partial charge on any atom is 0.154 e. The topological polar surface area (TPSA) is 46.8 Å². The Bertz CT molecular complexity index is 577. The maximum atomic E-state index is 5.36. The molecular formula is C15H20N3OPS. The lowest BCUT2D eigenvalue weighted by molar-refractivity contribution is 0.0690. The SMILES string of the molecule is C=C=Nc1sc(C(P)=NCC2CCOCC2)nc1C(=C)C. The highest BCUT2D eigenvalue weighted by molar-refractivity contribution is 7.44. The van der Waals surface area contributed by atoms with Gasteiger partial charge in [0, 0.05) is 19.8 Å². The minimum Gasteiger partial charge on any atom is -0.381 e. The monoisotopic (exact) mass is 321 g/mol. The number of hydrogen-bond donors (Lipinski definition) is 0. The summed E-state index contributed by atoms with van der Waals surface area (Å²) in [5.41, 5.74) is 2.56. The van der Waals surface area contributed by atoms with Crippen LogP contribution in [0.3, 0.4) is 0 Å². The van der Waals surface area contributed by atoms with Gasteiger partial charge < -0.3 is 4.74 Å². The van der Waals surface area contributed by atoms with Crippen LogP contribution in [0.25, 0.3) is 5.57 Å². The maximum absolute atomic E-state index is 5.36. The molecule has 0 aliphatic carbocycles. The Balaban J connectivity index is 2.14. The van der Waals surface area contributed by atoms with Crippen LogP contribution in [0, 0.1) is 5.92 Å². The van der Waals surface area contributed by atoms with Gasteiger partial charge in [0.25, 0.3) is 0 Å². The predicted octanol–water partition coefficient (Wildman–Crippen LogP) is 3.71. The highest BCUT2D eigenvalue weighted by Crippen LogP contribution is 2.33. The predicted molar refractivity (Wildman–Crippen MR) is 94.2 cm³/mol. The van der Waals surface area contributed by atoms with Crippen molar-refractivity contribution in [2.24, 2.45) is 15.9 Å². The first-order valence-electron chi connectivity index (χ1n) is 6.89. The molecule has 0 bridgehead atoms. The zero-order chi connectivity index (χ0) is 15.2. The lowest BCUT2D eigenvalue weighted by atomic mass is 10.0. The summed E-state index contributed by atoms with van der Waals surface area (Å²) >= 11 is 1.49. The van der Waals surface area contributed by atoms with Crippen LogP contribution < -0.4 is 0 Å². The van der Waals surface area contributed by atoms with Crippen molar-refractivity contribution in [3.63, 3.8) is 0 Å². The molecule has 1 aliphatic heterocycles. The van der Waals surface area contributed by atoms with Crippen molar-refractivity contribution < 1.29 is 4.74 Å². The van der Waals surface area contributed by atoms with Gasteiger partial charge in [-0.3, -0.25) is 4.99 Å². The van der Waals surface area contributed by atoms with E-state index >= 15 is 0 Å². The van der Waals surface area contributed by atoms with Gasteiger partial charge in [-0.15, -0.1) is 0 Å². The number of aliphatic imine (C=N–C) groups is 2. The van der Waals surface area contributed by atoms with Gasteiger partial charge >= 0.3 is 0 Å². The molecule has 4 nitrogen and oxygen atoms in total. The molecule has 0 amide bonds. The summed E-state index contributed by atoms with van der Waals surface area (Å²) in [6.07, 6.45) is 2.17. The van der Waals surface area contributed by atoms with Gasteiger partial charge in [0.15, 0.2) is 5.00 Å². The Hall–Kier alpha value is -1.12. The van der Waals surface area contributed by atoms with E-state index in [-0.39, 0.29) is 0 Å². The number of rotatable bonds is 5. The number of nitrogens with zero attached hydrogens (tertiary/aromatic N) is 3. The molecule has 0 aromatic carbocycles. The molecule has 0 radical (unpaired) electrons. The van der Waals surface area contributed by atoms with Crippen LogP contribution >= 0.6 is 20.6 Å². The molecule has 1 unspecified atom stereocenters. The normalized spacial score (nSPS) is 16.6. The summed E-state index contributed by atoms with van der Waals surface area (Å²) in [4.78, 5) is 13.4. The van der Waals surface area contributed by atoms with E-state index in [9.17, 15) is 0 Å². The van der Waals surface area contributed by atoms with Crippen LogP contribution in [-0.4, -0.2) is 36.1 Å². The Morgan fingerprint density at radius 1 is 1.52 bits per heavy atom. The zero-order valence-electron chi connectivity index (χ0n) is 12.3. The summed E-state index contributed by atoms with van der Waals surface area (Å²) < 4.78 is 5.36. The summed E-state index contributed by atoms with van der Waals surface area (Å²) in [6, 6.07) is 0. The fourth-order valence-corrected chi connectivity index (χ4v) is 3.33. The van der Waals surface area contributed by atoms with Crippen LogP contribution in [0.4, 0.5) is 5.00 Å². The van der Waals surface area contributed by atoms with Crippen molar-refractivity contribution in [3.05, 3.63) is 23.9 Å². The summed E-state index contributed by atoms with van der Waals surface area (Å²) in [7, 11) is 2.68. The summed E-state index contributed by atoms with van der Waals surface area (Å²) in [5, 5.41) is 1.65. The lowest BCUT2D eigenvalue weighted by Gasteiger charge is -2.20. The van der Waals surface area contributed by atoms with Gasteiger partial charge in [0.1, 0.15) is 10.7 Å². The van der Waals surface area contributed by atoms with Crippen molar-refractivity contribution in [2.75, 3.05) is 19.8 Å². The molecule has 1 aliphatic rings. The average Bonchev–Trinajstić information content (AvgIpc) is 2.90. The minimum atomic E-state index is 0.612. The molecule has 112 valence electrons. The Kier molecular flexibility index (Phi) is 6.01. The first-order chi connectivity index (χ1) is 10.1. The zero-order valence-corrected chi connectivity index (χ0v) is 14.2. The van der Waals surface area contributed by atoms with E-state index in [2.05, 4.69) is 43.2 Å². The highest BCUT2D eigenvalue weighted by atomic mass is 32.1. The largest absolute Gasteiger partial charge is 0.381 e. The molecule has 1 fully saturated rings. The number of thiazole rings is 1. The van der Waals surface area contributed by atoms with Gasteiger partial charge in [-0.2, -0.15) is 4.99 Å². The van der Waals surface area contributed by atoms with Crippen LogP contribution in [0.5, 0.6) is 0 Å². The van der Waals surface area contributed by atoms with E-state index in [0.29, 0.717) is 5.92 Å². The number of allylic oxidation sites excluding steroid dienone is 1. The molecule has 0 saturated carbocycles. The van der Waals surface area contributed by atoms with E-state index in [0.717, 1.165) is 59.3 Å². The average molecular weight is 321 g/mol. The third-order valence-electron chi connectivity index (χ3n) is 3.27. The van der Waals surface area contributed by atoms with Crippen LogP contribution in [0.2, 0.25) is 0 Å². The van der Waals surface area contributed by atoms with Gasteiger partial charge in [0.05, 0.1) is 5.45 Å². The minimum absolute atomic E-state index is 0.612. The summed E-state index contributed by atoms with van der Waals surface area (Å²) in [6.45, 7) is 11.9. The number of hydrogen-bond acceptors (Lipinski definition) is 5. The van der Waals surface area contributed by atoms with E-state index in [1.54, 1.807) is 0 Å². The highest BCUT2D eigenvalue weighted by Gasteiger charge is 2.15. The molecule has 2 rings (SSSR count). The standard InChI is InChI=1S/C15H20N3OPS/c1-4-16-14-12(10(2)3)18-15(21-14)13(20)17-9-11-5-7-19-8-6-11/h11H,1-2,5-9,20H2,3H3. The van der Waals surface area contributed by atoms with Gasteiger partial charge in [-0.05, 0) is 43.7 Å². The van der Waals surface area contributed by atoms with Crippen LogP contribution in [0.15, 0.2) is 23.1 Å². The van der Waals surface area contributed by atoms with Crippen molar-refractivity contribution in [1.82, 2.24) is 4.98 Å². The molecule has 0 spiro atoms. The molecule has 1 atom stereocenters. The molecular weight excluding hydrogens is 301 g/mol. The third-order valence-corrected chi connectivity index (χ3v) is 4.91. The van der Waals surface area contributed by atoms with E-state index in [4.69, 9.17) is 4.74 Å². The second kappa shape index (κ2) is 7.77. The quantitative estimate of drug-likeness (QED) is 0.613. The molecule has 6 heteroatoms. The molecule has 0 N–H and O–H groups in total. The molecule has 21 heavy (non-hydrogen) atoms. The fraction of sp³-hybridized carbons (Fsp3) is 0.467. The lowest BCUT2D eigenvalue weighted by Crippen LogP contribution is -2.18. The Labute approximate surface area is 132 Å². The Morgan fingerprint density at radius 2 is 2.24 bits per heavy atom. The second-order valence-electron chi connectivity index (χ2n) is 5.00. The Morgan fingerprint density at radius 3 is 2.86 bits per heavy atom. The van der Waals surface area contributed by atoms with Crippen molar-refractivity contribution in [1.29, 1.82) is 0 Å². The first-order valence-corrected chi connectivity index (χ1v) is 8.28.